The summed E-state index contributed by atoms with van der Waals surface area (Å²) in [4.78, 5) is 20.9. The molecule has 0 spiro atoms. The van der Waals surface area contributed by atoms with Crippen LogP contribution in [0.3, 0.4) is 0 Å². The Balaban J connectivity index is 1.39. The molecule has 2 aliphatic heterocycles. The zero-order valence-electron chi connectivity index (χ0n) is 18.4. The van der Waals surface area contributed by atoms with Gasteiger partial charge < -0.3 is 19.3 Å². The molecule has 5 nitrogen and oxygen atoms in total. The number of aromatic nitrogens is 1. The molecule has 0 bridgehead atoms. The largest absolute Gasteiger partial charge is 0.347 e. The van der Waals surface area contributed by atoms with Gasteiger partial charge in [0.1, 0.15) is 5.69 Å². The van der Waals surface area contributed by atoms with Crippen LogP contribution in [0.1, 0.15) is 68.3 Å². The van der Waals surface area contributed by atoms with Crippen molar-refractivity contribution in [3.8, 4) is 0 Å². The molecule has 0 radical (unpaired) electrons. The van der Waals surface area contributed by atoms with E-state index in [1.165, 1.54) is 84.0 Å². The number of carbonyl (C=O) groups is 1. The van der Waals surface area contributed by atoms with E-state index in [9.17, 15) is 4.79 Å². The maximum absolute atomic E-state index is 13.4. The fraction of sp³-hybridized carbons (Fsp3) is 0.792. The summed E-state index contributed by atoms with van der Waals surface area (Å²) in [5, 5.41) is 0. The maximum atomic E-state index is 13.4. The molecule has 1 saturated carbocycles. The fourth-order valence-electron chi connectivity index (χ4n) is 5.73. The van der Waals surface area contributed by atoms with Crippen LogP contribution < -0.4 is 0 Å². The second kappa shape index (κ2) is 10.1. The highest BCUT2D eigenvalue weighted by Gasteiger charge is 2.30. The summed E-state index contributed by atoms with van der Waals surface area (Å²) in [5.41, 5.74) is 0.826. The van der Waals surface area contributed by atoms with Crippen LogP contribution in [0.5, 0.6) is 0 Å². The van der Waals surface area contributed by atoms with Crippen molar-refractivity contribution in [2.75, 3.05) is 45.8 Å². The average molecular weight is 401 g/mol. The van der Waals surface area contributed by atoms with Crippen LogP contribution in [0.4, 0.5) is 0 Å². The van der Waals surface area contributed by atoms with Crippen molar-refractivity contribution in [2.45, 2.75) is 63.8 Å². The average Bonchev–Trinajstić information content (AvgIpc) is 3.43. The minimum Gasteiger partial charge on any atom is -0.347 e. The number of likely N-dealkylation sites (tertiary alicyclic amines) is 2. The van der Waals surface area contributed by atoms with Gasteiger partial charge in [0.2, 0.25) is 0 Å². The van der Waals surface area contributed by atoms with Gasteiger partial charge in [0.25, 0.3) is 5.91 Å². The first-order valence-electron chi connectivity index (χ1n) is 12.1. The quantitative estimate of drug-likeness (QED) is 0.701. The summed E-state index contributed by atoms with van der Waals surface area (Å²) in [7, 11) is 1.98. The number of aryl methyl sites for hydroxylation is 1. The summed E-state index contributed by atoms with van der Waals surface area (Å²) in [5.74, 6) is 0.836. The molecule has 162 valence electrons. The SMILES string of the molecule is Cn1cccc1C(=O)N(CCN1CCCCC1)C[C@H]1CCCN(C2CCCC2)C1. The van der Waals surface area contributed by atoms with Crippen LogP contribution in [0.2, 0.25) is 0 Å². The van der Waals surface area contributed by atoms with Gasteiger partial charge >= 0.3 is 0 Å². The summed E-state index contributed by atoms with van der Waals surface area (Å²) in [6.45, 7) is 7.66. The first-order chi connectivity index (χ1) is 14.2. The molecule has 2 saturated heterocycles. The van der Waals surface area contributed by atoms with Crippen molar-refractivity contribution in [3.63, 3.8) is 0 Å². The first-order valence-corrected chi connectivity index (χ1v) is 12.1. The third-order valence-electron chi connectivity index (χ3n) is 7.46. The summed E-state index contributed by atoms with van der Waals surface area (Å²) < 4.78 is 1.97. The van der Waals surface area contributed by atoms with Gasteiger partial charge in [0.15, 0.2) is 0 Å². The Hall–Kier alpha value is -1.33. The van der Waals surface area contributed by atoms with E-state index in [2.05, 4.69) is 14.7 Å². The van der Waals surface area contributed by atoms with Crippen LogP contribution in [-0.2, 0) is 7.05 Å². The van der Waals surface area contributed by atoms with Crippen LogP contribution in [0, 0.1) is 5.92 Å². The molecule has 1 aromatic rings. The molecular weight excluding hydrogens is 360 g/mol. The lowest BCUT2D eigenvalue weighted by molar-refractivity contribution is 0.0601. The van der Waals surface area contributed by atoms with E-state index in [1.807, 2.05) is 29.9 Å². The highest BCUT2D eigenvalue weighted by atomic mass is 16.2. The second-order valence-corrected chi connectivity index (χ2v) is 9.60. The number of hydrogen-bond donors (Lipinski definition) is 0. The molecule has 5 heteroatoms. The van der Waals surface area contributed by atoms with Crippen LogP contribution in [-0.4, -0.2) is 77.0 Å². The third kappa shape index (κ3) is 5.43. The lowest BCUT2D eigenvalue weighted by atomic mass is 9.95. The monoisotopic (exact) mass is 400 g/mol. The minimum atomic E-state index is 0.215. The zero-order chi connectivity index (χ0) is 20.1. The number of rotatable bonds is 7. The minimum absolute atomic E-state index is 0.215. The Kier molecular flexibility index (Phi) is 7.30. The van der Waals surface area contributed by atoms with Gasteiger partial charge in [0.05, 0.1) is 0 Å². The number of amides is 1. The van der Waals surface area contributed by atoms with Gasteiger partial charge in [0, 0.05) is 45.5 Å². The van der Waals surface area contributed by atoms with Crippen LogP contribution in [0.15, 0.2) is 18.3 Å². The van der Waals surface area contributed by atoms with Gasteiger partial charge in [-0.25, -0.2) is 0 Å². The Morgan fingerprint density at radius 3 is 2.55 bits per heavy atom. The Morgan fingerprint density at radius 2 is 1.83 bits per heavy atom. The molecule has 1 atom stereocenters. The highest BCUT2D eigenvalue weighted by Crippen LogP contribution is 2.28. The summed E-state index contributed by atoms with van der Waals surface area (Å²) in [6, 6.07) is 4.77. The van der Waals surface area contributed by atoms with Crippen molar-refractivity contribution in [1.29, 1.82) is 0 Å². The van der Waals surface area contributed by atoms with E-state index in [0.717, 1.165) is 31.4 Å². The molecule has 1 amide bonds. The molecule has 1 aliphatic carbocycles. The van der Waals surface area contributed by atoms with Crippen molar-refractivity contribution in [3.05, 3.63) is 24.0 Å². The molecule has 0 unspecified atom stereocenters. The predicted molar refractivity (Wildman–Crippen MR) is 118 cm³/mol. The molecule has 0 N–H and O–H groups in total. The standard InChI is InChI=1S/C24H40N4O/c1-25-13-8-12-23(25)24(29)28(18-17-26-14-5-2-6-15-26)20-21-9-7-16-27(19-21)22-10-3-4-11-22/h8,12-13,21-22H,2-7,9-11,14-20H2,1H3/t21-/m0/s1. The van der Waals surface area contributed by atoms with Crippen molar-refractivity contribution >= 4 is 5.91 Å². The zero-order valence-corrected chi connectivity index (χ0v) is 18.4. The molecule has 3 fully saturated rings. The normalized spacial score (nSPS) is 24.8. The smallest absolute Gasteiger partial charge is 0.270 e. The van der Waals surface area contributed by atoms with E-state index in [1.54, 1.807) is 0 Å². The van der Waals surface area contributed by atoms with Gasteiger partial charge in [-0.2, -0.15) is 0 Å². The summed E-state index contributed by atoms with van der Waals surface area (Å²) >= 11 is 0. The van der Waals surface area contributed by atoms with Gasteiger partial charge in [-0.05, 0) is 76.2 Å². The van der Waals surface area contributed by atoms with Gasteiger partial charge in [-0.15, -0.1) is 0 Å². The van der Waals surface area contributed by atoms with E-state index in [0.29, 0.717) is 5.92 Å². The number of carbonyl (C=O) groups excluding carboxylic acids is 1. The molecular formula is C24H40N4O. The van der Waals surface area contributed by atoms with Gasteiger partial charge in [-0.3, -0.25) is 4.79 Å². The van der Waals surface area contributed by atoms with E-state index < -0.39 is 0 Å². The number of nitrogens with zero attached hydrogens (tertiary/aromatic N) is 4. The molecule has 3 aliphatic rings. The fourth-order valence-corrected chi connectivity index (χ4v) is 5.73. The number of piperidine rings is 2. The maximum Gasteiger partial charge on any atom is 0.270 e. The molecule has 1 aromatic heterocycles. The lowest BCUT2D eigenvalue weighted by Gasteiger charge is -2.39. The van der Waals surface area contributed by atoms with E-state index >= 15 is 0 Å². The van der Waals surface area contributed by atoms with E-state index in [-0.39, 0.29) is 5.91 Å². The second-order valence-electron chi connectivity index (χ2n) is 9.60. The Morgan fingerprint density at radius 1 is 1.03 bits per heavy atom. The molecule has 3 heterocycles. The molecule has 0 aromatic carbocycles. The molecule has 4 rings (SSSR count). The number of hydrogen-bond acceptors (Lipinski definition) is 3. The van der Waals surface area contributed by atoms with Crippen LogP contribution in [0.25, 0.3) is 0 Å². The lowest BCUT2D eigenvalue weighted by Crippen LogP contribution is -2.48. The Labute approximate surface area is 177 Å². The highest BCUT2D eigenvalue weighted by molar-refractivity contribution is 5.92. The summed E-state index contributed by atoms with van der Waals surface area (Å²) in [6.07, 6.45) is 14.1. The topological polar surface area (TPSA) is 31.7 Å². The predicted octanol–water partition coefficient (Wildman–Crippen LogP) is 3.61. The van der Waals surface area contributed by atoms with Crippen LogP contribution >= 0.6 is 0 Å². The van der Waals surface area contributed by atoms with E-state index in [4.69, 9.17) is 0 Å². The third-order valence-corrected chi connectivity index (χ3v) is 7.46. The van der Waals surface area contributed by atoms with Crippen molar-refractivity contribution in [2.24, 2.45) is 13.0 Å². The van der Waals surface area contributed by atoms with Crippen molar-refractivity contribution < 1.29 is 4.79 Å². The van der Waals surface area contributed by atoms with Gasteiger partial charge in [-0.1, -0.05) is 19.3 Å². The van der Waals surface area contributed by atoms with Crippen molar-refractivity contribution in [1.82, 2.24) is 19.3 Å². The first kappa shape index (κ1) is 20.9. The molecule has 29 heavy (non-hydrogen) atoms. The Bertz CT molecular complexity index is 645.